The Kier molecular flexibility index (Phi) is 4.73. The zero-order valence-corrected chi connectivity index (χ0v) is 10.8. The van der Waals surface area contributed by atoms with Gasteiger partial charge in [-0.2, -0.15) is 0 Å². The lowest BCUT2D eigenvalue weighted by Crippen LogP contribution is -2.30. The van der Waals surface area contributed by atoms with Crippen LogP contribution < -0.4 is 5.32 Å². The number of nitro benzene ring substituents is 1. The summed E-state index contributed by atoms with van der Waals surface area (Å²) in [6.45, 7) is 2.77. The van der Waals surface area contributed by atoms with E-state index < -0.39 is 40.1 Å². The highest BCUT2D eigenvalue weighted by molar-refractivity contribution is 5.95. The highest BCUT2D eigenvalue weighted by atomic mass is 19.1. The molecule has 108 valence electrons. The normalized spacial score (nSPS) is 13.3. The van der Waals surface area contributed by atoms with Gasteiger partial charge < -0.3 is 10.4 Å². The Labute approximate surface area is 113 Å². The van der Waals surface area contributed by atoms with Gasteiger partial charge >= 0.3 is 5.97 Å². The van der Waals surface area contributed by atoms with Crippen molar-refractivity contribution in [2.45, 2.75) is 13.8 Å². The van der Waals surface area contributed by atoms with Crippen molar-refractivity contribution in [2.75, 3.05) is 5.32 Å². The topological polar surface area (TPSA) is 110 Å². The largest absolute Gasteiger partial charge is 0.481 e. The Bertz CT molecular complexity index is 561. The van der Waals surface area contributed by atoms with Crippen molar-refractivity contribution in [3.63, 3.8) is 0 Å². The molecule has 0 radical (unpaired) electrons. The number of carbonyl (C=O) groups is 2. The summed E-state index contributed by atoms with van der Waals surface area (Å²) in [5, 5.41) is 21.6. The number of nitrogens with zero attached hydrogens (tertiary/aromatic N) is 1. The molecule has 1 aromatic carbocycles. The van der Waals surface area contributed by atoms with E-state index in [0.717, 1.165) is 18.2 Å². The smallest absolute Gasteiger partial charge is 0.307 e. The van der Waals surface area contributed by atoms with Crippen LogP contribution in [-0.4, -0.2) is 21.9 Å². The van der Waals surface area contributed by atoms with E-state index in [1.165, 1.54) is 13.8 Å². The lowest BCUT2D eigenvalue weighted by atomic mass is 9.95. The van der Waals surface area contributed by atoms with Crippen molar-refractivity contribution in [3.8, 4) is 0 Å². The average Bonchev–Trinajstić information content (AvgIpc) is 2.35. The summed E-state index contributed by atoms with van der Waals surface area (Å²) in [5.41, 5.74) is -0.592. The molecule has 7 nitrogen and oxygen atoms in total. The van der Waals surface area contributed by atoms with Crippen LogP contribution in [0.1, 0.15) is 13.8 Å². The molecule has 2 atom stereocenters. The molecule has 2 unspecified atom stereocenters. The van der Waals surface area contributed by atoms with Gasteiger partial charge in [0.15, 0.2) is 0 Å². The molecule has 8 heteroatoms. The summed E-state index contributed by atoms with van der Waals surface area (Å²) in [5.74, 6) is -4.46. The number of hydrogen-bond donors (Lipinski definition) is 2. The van der Waals surface area contributed by atoms with Crippen LogP contribution >= 0.6 is 0 Å². The third-order valence-corrected chi connectivity index (χ3v) is 2.91. The number of nitrogens with one attached hydrogen (secondary N) is 1. The Morgan fingerprint density at radius 3 is 2.40 bits per heavy atom. The second-order valence-corrected chi connectivity index (χ2v) is 4.36. The molecule has 20 heavy (non-hydrogen) atoms. The standard InChI is InChI=1S/C12H13FN2O5/c1-6(7(2)12(17)18)11(16)14-9-3-8(13)4-10(5-9)15(19)20/h3-7H,1-2H3,(H,14,16)(H,17,18). The number of carboxylic acid groups (broad SMARTS) is 1. The first-order valence-electron chi connectivity index (χ1n) is 5.71. The molecule has 0 spiro atoms. The van der Waals surface area contributed by atoms with Crippen LogP contribution in [-0.2, 0) is 9.59 Å². The van der Waals surface area contributed by atoms with Gasteiger partial charge in [-0.3, -0.25) is 19.7 Å². The van der Waals surface area contributed by atoms with Crippen molar-refractivity contribution in [1.29, 1.82) is 0 Å². The first kappa shape index (κ1) is 15.5. The van der Waals surface area contributed by atoms with Crippen LogP contribution in [0.5, 0.6) is 0 Å². The molecule has 0 saturated carbocycles. The number of rotatable bonds is 5. The number of carboxylic acids is 1. The van der Waals surface area contributed by atoms with Crippen molar-refractivity contribution in [1.82, 2.24) is 0 Å². The van der Waals surface area contributed by atoms with Gasteiger partial charge in [0, 0.05) is 12.0 Å². The van der Waals surface area contributed by atoms with Crippen molar-refractivity contribution >= 4 is 23.3 Å². The number of non-ortho nitro benzene ring substituents is 1. The second kappa shape index (κ2) is 6.09. The molecule has 0 fully saturated rings. The van der Waals surface area contributed by atoms with E-state index in [1.54, 1.807) is 0 Å². The van der Waals surface area contributed by atoms with E-state index in [9.17, 15) is 24.1 Å². The zero-order chi connectivity index (χ0) is 15.4. The average molecular weight is 284 g/mol. The van der Waals surface area contributed by atoms with Crippen LogP contribution in [0.2, 0.25) is 0 Å². The minimum absolute atomic E-state index is 0.0915. The van der Waals surface area contributed by atoms with Crippen LogP contribution in [0.15, 0.2) is 18.2 Å². The molecule has 2 N–H and O–H groups in total. The maximum absolute atomic E-state index is 13.2. The van der Waals surface area contributed by atoms with Crippen LogP contribution in [0.4, 0.5) is 15.8 Å². The number of benzene rings is 1. The minimum atomic E-state index is -1.14. The van der Waals surface area contributed by atoms with Crippen molar-refractivity contribution < 1.29 is 24.0 Å². The number of aliphatic carboxylic acids is 1. The molecule has 0 saturated heterocycles. The first-order chi connectivity index (χ1) is 9.22. The number of nitro groups is 1. The second-order valence-electron chi connectivity index (χ2n) is 4.36. The van der Waals surface area contributed by atoms with Crippen molar-refractivity contribution in [3.05, 3.63) is 34.1 Å². The van der Waals surface area contributed by atoms with E-state index in [0.29, 0.717) is 0 Å². The Morgan fingerprint density at radius 2 is 1.90 bits per heavy atom. The summed E-state index contributed by atoms with van der Waals surface area (Å²) < 4.78 is 13.2. The molecular weight excluding hydrogens is 271 g/mol. The molecular formula is C12H13FN2O5. The SMILES string of the molecule is CC(C(=O)O)C(C)C(=O)Nc1cc(F)cc([N+](=O)[O-])c1. The predicted molar refractivity (Wildman–Crippen MR) is 67.6 cm³/mol. The molecule has 1 aromatic rings. The molecule has 1 rings (SSSR count). The fourth-order valence-electron chi connectivity index (χ4n) is 1.45. The zero-order valence-electron chi connectivity index (χ0n) is 10.8. The van der Waals surface area contributed by atoms with Crippen LogP contribution in [0.25, 0.3) is 0 Å². The summed E-state index contributed by atoms with van der Waals surface area (Å²) in [4.78, 5) is 32.3. The van der Waals surface area contributed by atoms with Gasteiger partial charge in [-0.1, -0.05) is 13.8 Å². The maximum atomic E-state index is 13.2. The minimum Gasteiger partial charge on any atom is -0.481 e. The number of amides is 1. The quantitative estimate of drug-likeness (QED) is 0.635. The summed E-state index contributed by atoms with van der Waals surface area (Å²) in [6, 6.07) is 2.64. The summed E-state index contributed by atoms with van der Waals surface area (Å²) in [7, 11) is 0. The third kappa shape index (κ3) is 3.74. The van der Waals surface area contributed by atoms with Gasteiger partial charge in [0.2, 0.25) is 5.91 Å². The number of carbonyl (C=O) groups excluding carboxylic acids is 1. The lowest BCUT2D eigenvalue weighted by Gasteiger charge is -2.15. The van der Waals surface area contributed by atoms with E-state index >= 15 is 0 Å². The Morgan fingerprint density at radius 1 is 1.30 bits per heavy atom. The predicted octanol–water partition coefficient (Wildman–Crippen LogP) is 2.03. The van der Waals surface area contributed by atoms with Gasteiger partial charge in [-0.15, -0.1) is 0 Å². The lowest BCUT2D eigenvalue weighted by molar-refractivity contribution is -0.385. The molecule has 0 aliphatic rings. The van der Waals surface area contributed by atoms with E-state index in [1.807, 2.05) is 0 Å². The number of anilines is 1. The maximum Gasteiger partial charge on any atom is 0.307 e. The van der Waals surface area contributed by atoms with Gasteiger partial charge in [-0.05, 0) is 6.07 Å². The van der Waals surface area contributed by atoms with Crippen LogP contribution in [0.3, 0.4) is 0 Å². The van der Waals surface area contributed by atoms with Gasteiger partial charge in [0.1, 0.15) is 5.82 Å². The monoisotopic (exact) mass is 284 g/mol. The fourth-order valence-corrected chi connectivity index (χ4v) is 1.45. The highest BCUT2D eigenvalue weighted by Gasteiger charge is 2.26. The number of halogens is 1. The van der Waals surface area contributed by atoms with Gasteiger partial charge in [0.25, 0.3) is 5.69 Å². The molecule has 0 aliphatic heterocycles. The van der Waals surface area contributed by atoms with E-state index in [4.69, 9.17) is 5.11 Å². The van der Waals surface area contributed by atoms with Gasteiger partial charge in [-0.25, -0.2) is 4.39 Å². The van der Waals surface area contributed by atoms with E-state index in [2.05, 4.69) is 5.32 Å². The first-order valence-corrected chi connectivity index (χ1v) is 5.71. The molecule has 0 heterocycles. The fraction of sp³-hybridized carbons (Fsp3) is 0.333. The molecule has 0 bridgehead atoms. The Balaban J connectivity index is 2.90. The summed E-state index contributed by atoms with van der Waals surface area (Å²) >= 11 is 0. The van der Waals surface area contributed by atoms with Crippen LogP contribution in [0, 0.1) is 27.8 Å². The van der Waals surface area contributed by atoms with Gasteiger partial charge in [0.05, 0.1) is 22.6 Å². The molecule has 1 amide bonds. The van der Waals surface area contributed by atoms with E-state index in [-0.39, 0.29) is 5.69 Å². The van der Waals surface area contributed by atoms with Crippen molar-refractivity contribution in [2.24, 2.45) is 11.8 Å². The third-order valence-electron chi connectivity index (χ3n) is 2.91. The molecule has 0 aromatic heterocycles. The highest BCUT2D eigenvalue weighted by Crippen LogP contribution is 2.21. The number of hydrogen-bond acceptors (Lipinski definition) is 4. The Hall–Kier alpha value is -2.51. The summed E-state index contributed by atoms with van der Waals surface area (Å²) in [6.07, 6.45) is 0. The molecule has 0 aliphatic carbocycles.